The Morgan fingerprint density at radius 1 is 0.921 bits per heavy atom. The summed E-state index contributed by atoms with van der Waals surface area (Å²) in [4.78, 5) is 29.4. The van der Waals surface area contributed by atoms with Gasteiger partial charge in [0.05, 0.1) is 50.7 Å². The maximum atomic E-state index is 13.1. The summed E-state index contributed by atoms with van der Waals surface area (Å²) in [6.07, 6.45) is 2.05. The third kappa shape index (κ3) is 4.95. The lowest BCUT2D eigenvalue weighted by molar-refractivity contribution is 0.0319. The average molecular weight is 516 g/mol. The molecule has 0 saturated heterocycles. The van der Waals surface area contributed by atoms with Gasteiger partial charge in [-0.2, -0.15) is 0 Å². The smallest absolute Gasteiger partial charge is 0.339 e. The Bertz CT molecular complexity index is 1460. The first-order chi connectivity index (χ1) is 18.5. The standard InChI is InChI=1S/C30H29NO7/c1-34-19-9-11-20(12-10-19)38-25-16-23(29(32)35-2)27(30(33)36-3)26-22-15-21(13-14-24(22)31-28(25)26)37-17-18-7-5-4-6-8-18/h4-12,16,21,31H,13-15,17H2,1-3H3. The number of nitrogens with one attached hydrogen (secondary N) is 1. The first-order valence-electron chi connectivity index (χ1n) is 12.4. The number of aromatic nitrogens is 1. The fourth-order valence-corrected chi connectivity index (χ4v) is 4.90. The molecule has 4 aromatic rings. The molecule has 38 heavy (non-hydrogen) atoms. The molecule has 0 radical (unpaired) electrons. The van der Waals surface area contributed by atoms with Crippen LogP contribution < -0.4 is 9.47 Å². The molecule has 5 rings (SSSR count). The van der Waals surface area contributed by atoms with Crippen molar-refractivity contribution in [1.82, 2.24) is 4.98 Å². The number of ether oxygens (including phenoxy) is 5. The van der Waals surface area contributed by atoms with E-state index in [1.807, 2.05) is 30.3 Å². The largest absolute Gasteiger partial charge is 0.497 e. The van der Waals surface area contributed by atoms with Crippen LogP contribution in [-0.2, 0) is 33.7 Å². The highest BCUT2D eigenvalue weighted by molar-refractivity contribution is 6.15. The SMILES string of the molecule is COC(=O)c1cc(Oc2ccc(OC)cc2)c2[nH]c3c(c2c1C(=O)OC)CC(OCc1ccccc1)CC3. The van der Waals surface area contributed by atoms with Crippen LogP contribution in [0.1, 0.15) is 44.0 Å². The van der Waals surface area contributed by atoms with E-state index in [1.165, 1.54) is 20.3 Å². The zero-order valence-corrected chi connectivity index (χ0v) is 21.5. The molecule has 0 saturated carbocycles. The van der Waals surface area contributed by atoms with E-state index in [0.717, 1.165) is 29.7 Å². The van der Waals surface area contributed by atoms with E-state index < -0.39 is 11.9 Å². The number of aryl methyl sites for hydroxylation is 1. The second kappa shape index (κ2) is 11.0. The molecule has 0 amide bonds. The van der Waals surface area contributed by atoms with E-state index >= 15 is 0 Å². The van der Waals surface area contributed by atoms with Crippen LogP contribution in [0.2, 0.25) is 0 Å². The summed E-state index contributed by atoms with van der Waals surface area (Å²) in [6.45, 7) is 0.492. The molecule has 8 nitrogen and oxygen atoms in total. The van der Waals surface area contributed by atoms with Gasteiger partial charge in [-0.25, -0.2) is 9.59 Å². The zero-order chi connectivity index (χ0) is 26.6. The van der Waals surface area contributed by atoms with Gasteiger partial charge in [0.15, 0.2) is 5.75 Å². The van der Waals surface area contributed by atoms with Gasteiger partial charge in [0.25, 0.3) is 0 Å². The molecule has 1 aliphatic carbocycles. The molecule has 1 atom stereocenters. The van der Waals surface area contributed by atoms with E-state index in [-0.39, 0.29) is 17.2 Å². The van der Waals surface area contributed by atoms with Gasteiger partial charge in [-0.15, -0.1) is 0 Å². The van der Waals surface area contributed by atoms with Crippen LogP contribution in [0.3, 0.4) is 0 Å². The lowest BCUT2D eigenvalue weighted by Crippen LogP contribution is -2.22. The molecule has 0 aliphatic heterocycles. The molecule has 196 valence electrons. The first-order valence-corrected chi connectivity index (χ1v) is 12.4. The number of aromatic amines is 1. The van der Waals surface area contributed by atoms with Crippen molar-refractivity contribution in [1.29, 1.82) is 0 Å². The zero-order valence-electron chi connectivity index (χ0n) is 21.5. The maximum Gasteiger partial charge on any atom is 0.339 e. The van der Waals surface area contributed by atoms with E-state index in [0.29, 0.717) is 41.2 Å². The average Bonchev–Trinajstić information content (AvgIpc) is 3.35. The quantitative estimate of drug-likeness (QED) is 0.305. The topological polar surface area (TPSA) is 96.1 Å². The molecule has 0 spiro atoms. The van der Waals surface area contributed by atoms with Gasteiger partial charge >= 0.3 is 11.9 Å². The van der Waals surface area contributed by atoms with Crippen molar-refractivity contribution in [2.75, 3.05) is 21.3 Å². The number of rotatable bonds is 8. The number of H-pyrrole nitrogens is 1. The van der Waals surface area contributed by atoms with Crippen LogP contribution in [0, 0.1) is 0 Å². The Kier molecular flexibility index (Phi) is 7.33. The third-order valence-corrected chi connectivity index (χ3v) is 6.79. The van der Waals surface area contributed by atoms with Crippen LogP contribution in [0.15, 0.2) is 60.7 Å². The number of benzene rings is 3. The summed E-state index contributed by atoms with van der Waals surface area (Å²) >= 11 is 0. The lowest BCUT2D eigenvalue weighted by Gasteiger charge is -2.23. The van der Waals surface area contributed by atoms with Crippen molar-refractivity contribution < 1.29 is 33.3 Å². The second-order valence-electron chi connectivity index (χ2n) is 9.05. The molecule has 1 aromatic heterocycles. The van der Waals surface area contributed by atoms with Gasteiger partial charge in [-0.05, 0) is 54.3 Å². The Morgan fingerprint density at radius 3 is 2.32 bits per heavy atom. The van der Waals surface area contributed by atoms with Crippen molar-refractivity contribution in [2.45, 2.75) is 32.0 Å². The van der Waals surface area contributed by atoms with Gasteiger partial charge in [0.2, 0.25) is 0 Å². The summed E-state index contributed by atoms with van der Waals surface area (Å²) in [6, 6.07) is 18.6. The lowest BCUT2D eigenvalue weighted by atomic mass is 9.90. The predicted octanol–water partition coefficient (Wildman–Crippen LogP) is 5.62. The van der Waals surface area contributed by atoms with Crippen molar-refractivity contribution in [3.05, 3.63) is 88.6 Å². The number of hydrogen-bond acceptors (Lipinski definition) is 7. The van der Waals surface area contributed by atoms with Crippen LogP contribution in [0.5, 0.6) is 17.2 Å². The number of hydrogen-bond donors (Lipinski definition) is 1. The van der Waals surface area contributed by atoms with Crippen molar-refractivity contribution in [2.24, 2.45) is 0 Å². The summed E-state index contributed by atoms with van der Waals surface area (Å²) in [5.41, 5.74) is 3.82. The summed E-state index contributed by atoms with van der Waals surface area (Å²) in [5.74, 6) is 0.352. The summed E-state index contributed by atoms with van der Waals surface area (Å²) in [7, 11) is 4.16. The molecular weight excluding hydrogens is 486 g/mol. The molecule has 0 fully saturated rings. The van der Waals surface area contributed by atoms with Crippen LogP contribution in [0.4, 0.5) is 0 Å². The van der Waals surface area contributed by atoms with Gasteiger partial charge in [0.1, 0.15) is 11.5 Å². The first kappa shape index (κ1) is 25.4. The van der Waals surface area contributed by atoms with Crippen LogP contribution in [-0.4, -0.2) is 44.4 Å². The van der Waals surface area contributed by atoms with Crippen molar-refractivity contribution in [3.8, 4) is 17.2 Å². The van der Waals surface area contributed by atoms with Crippen molar-refractivity contribution in [3.63, 3.8) is 0 Å². The third-order valence-electron chi connectivity index (χ3n) is 6.79. The molecule has 8 heteroatoms. The highest BCUT2D eigenvalue weighted by Crippen LogP contribution is 2.41. The summed E-state index contributed by atoms with van der Waals surface area (Å²) < 4.78 is 27.9. The number of fused-ring (bicyclic) bond motifs is 3. The maximum absolute atomic E-state index is 13.1. The molecular formula is C30H29NO7. The molecule has 1 N–H and O–H groups in total. The molecule has 1 unspecified atom stereocenters. The Hall–Kier alpha value is -4.30. The summed E-state index contributed by atoms with van der Waals surface area (Å²) in [5, 5.41) is 0.589. The second-order valence-corrected chi connectivity index (χ2v) is 9.05. The normalized spacial score (nSPS) is 14.6. The monoisotopic (exact) mass is 515 g/mol. The molecule has 1 aliphatic rings. The van der Waals surface area contributed by atoms with Crippen LogP contribution >= 0.6 is 0 Å². The molecule has 1 heterocycles. The fraction of sp³-hybridized carbons (Fsp3) is 0.267. The Balaban J connectivity index is 1.59. The number of methoxy groups -OCH3 is 3. The van der Waals surface area contributed by atoms with Gasteiger partial charge in [0, 0.05) is 17.5 Å². The minimum absolute atomic E-state index is 0.0556. The molecule has 0 bridgehead atoms. The van der Waals surface area contributed by atoms with Gasteiger partial charge in [-0.1, -0.05) is 30.3 Å². The van der Waals surface area contributed by atoms with E-state index in [2.05, 4.69) is 4.98 Å². The fourth-order valence-electron chi connectivity index (χ4n) is 4.90. The Labute approximate surface area is 220 Å². The highest BCUT2D eigenvalue weighted by atomic mass is 16.5. The minimum atomic E-state index is -0.658. The van der Waals surface area contributed by atoms with E-state index in [1.54, 1.807) is 31.4 Å². The number of carbonyl (C=O) groups is 2. The number of carbonyl (C=O) groups excluding carboxylic acids is 2. The van der Waals surface area contributed by atoms with Crippen LogP contribution in [0.25, 0.3) is 10.9 Å². The predicted molar refractivity (Wildman–Crippen MR) is 141 cm³/mol. The van der Waals surface area contributed by atoms with E-state index in [9.17, 15) is 9.59 Å². The van der Waals surface area contributed by atoms with E-state index in [4.69, 9.17) is 23.7 Å². The molecule has 3 aromatic carbocycles. The minimum Gasteiger partial charge on any atom is -0.497 e. The highest BCUT2D eigenvalue weighted by Gasteiger charge is 2.32. The Morgan fingerprint density at radius 2 is 1.63 bits per heavy atom. The van der Waals surface area contributed by atoms with Gasteiger partial charge < -0.3 is 28.7 Å². The van der Waals surface area contributed by atoms with Gasteiger partial charge in [-0.3, -0.25) is 0 Å². The number of esters is 2. The van der Waals surface area contributed by atoms with Crippen molar-refractivity contribution >= 4 is 22.8 Å².